The number of rotatable bonds is 2. The fourth-order valence-electron chi connectivity index (χ4n) is 2.49. The highest BCUT2D eigenvalue weighted by Gasteiger charge is 2.08. The average molecular weight is 318 g/mol. The van der Waals surface area contributed by atoms with Gasteiger partial charge >= 0.3 is 0 Å². The summed E-state index contributed by atoms with van der Waals surface area (Å²) in [6, 6.07) is 14.9. The quantitative estimate of drug-likeness (QED) is 0.673. The van der Waals surface area contributed by atoms with E-state index in [2.05, 4.69) is 0 Å². The Bertz CT molecular complexity index is 884. The summed E-state index contributed by atoms with van der Waals surface area (Å²) in [5, 5.41) is 2.23. The molecule has 106 valence electrons. The molecule has 1 aromatic heterocycles. The van der Waals surface area contributed by atoms with Crippen LogP contribution >= 0.6 is 23.2 Å². The van der Waals surface area contributed by atoms with Crippen LogP contribution in [0, 0.1) is 6.92 Å². The minimum Gasteiger partial charge on any atom is -0.304 e. The summed E-state index contributed by atoms with van der Waals surface area (Å²) in [7, 11) is 0. The molecule has 0 aliphatic carbocycles. The van der Waals surface area contributed by atoms with Gasteiger partial charge in [-0.15, -0.1) is 0 Å². The minimum atomic E-state index is -0.0304. The Morgan fingerprint density at radius 1 is 1.05 bits per heavy atom. The molecule has 0 saturated carbocycles. The number of fused-ring (bicyclic) bond motifs is 1. The topological polar surface area (TPSA) is 22.0 Å². The van der Waals surface area contributed by atoms with E-state index in [0.29, 0.717) is 16.6 Å². The molecule has 0 aliphatic heterocycles. The zero-order valence-electron chi connectivity index (χ0n) is 11.4. The van der Waals surface area contributed by atoms with Crippen LogP contribution in [0.5, 0.6) is 0 Å². The second-order valence-corrected chi connectivity index (χ2v) is 5.85. The second kappa shape index (κ2) is 5.55. The molecule has 3 aromatic rings. The standard InChI is InChI=1S/C17H13Cl2NO/c1-11-8-17(21)20(16-5-3-2-4-14(11)16)10-12-6-7-13(18)9-15(12)19/h2-9H,10H2,1H3. The Labute approximate surface area is 132 Å². The molecule has 0 unspecified atom stereocenters. The number of aryl methyl sites for hydroxylation is 1. The predicted molar refractivity (Wildman–Crippen MR) is 88.5 cm³/mol. The van der Waals surface area contributed by atoms with Crippen LogP contribution in [0.25, 0.3) is 10.9 Å². The molecule has 21 heavy (non-hydrogen) atoms. The van der Waals surface area contributed by atoms with Crippen molar-refractivity contribution in [2.75, 3.05) is 0 Å². The van der Waals surface area contributed by atoms with E-state index in [1.165, 1.54) is 0 Å². The van der Waals surface area contributed by atoms with Crippen molar-refractivity contribution in [2.24, 2.45) is 0 Å². The molecule has 2 aromatic carbocycles. The van der Waals surface area contributed by atoms with Gasteiger partial charge in [0.2, 0.25) is 0 Å². The van der Waals surface area contributed by atoms with Gasteiger partial charge in [-0.25, -0.2) is 0 Å². The Kier molecular flexibility index (Phi) is 3.75. The lowest BCUT2D eigenvalue weighted by molar-refractivity contribution is 0.793. The van der Waals surface area contributed by atoms with Crippen LogP contribution in [0.2, 0.25) is 10.0 Å². The summed E-state index contributed by atoms with van der Waals surface area (Å²) >= 11 is 12.1. The number of nitrogens with zero attached hydrogens (tertiary/aromatic N) is 1. The van der Waals surface area contributed by atoms with E-state index in [4.69, 9.17) is 23.2 Å². The van der Waals surface area contributed by atoms with Gasteiger partial charge in [-0.2, -0.15) is 0 Å². The van der Waals surface area contributed by atoms with Gasteiger partial charge < -0.3 is 4.57 Å². The Balaban J connectivity index is 2.19. The molecule has 0 fully saturated rings. The second-order valence-electron chi connectivity index (χ2n) is 5.00. The van der Waals surface area contributed by atoms with Crippen LogP contribution in [-0.2, 0) is 6.54 Å². The number of hydrogen-bond acceptors (Lipinski definition) is 1. The number of hydrogen-bond donors (Lipinski definition) is 0. The van der Waals surface area contributed by atoms with E-state index < -0.39 is 0 Å². The molecule has 3 rings (SSSR count). The number of para-hydroxylation sites is 1. The van der Waals surface area contributed by atoms with Crippen molar-refractivity contribution in [3.05, 3.63) is 80.1 Å². The van der Waals surface area contributed by atoms with Gasteiger partial charge in [0.25, 0.3) is 5.56 Å². The highest BCUT2D eigenvalue weighted by molar-refractivity contribution is 6.35. The third-order valence-corrected chi connectivity index (χ3v) is 4.16. The van der Waals surface area contributed by atoms with Crippen molar-refractivity contribution < 1.29 is 0 Å². The smallest absolute Gasteiger partial charge is 0.251 e. The maximum Gasteiger partial charge on any atom is 0.251 e. The van der Waals surface area contributed by atoms with Crippen LogP contribution in [0.3, 0.4) is 0 Å². The largest absolute Gasteiger partial charge is 0.304 e. The predicted octanol–water partition coefficient (Wildman–Crippen LogP) is 4.67. The van der Waals surface area contributed by atoms with E-state index in [9.17, 15) is 4.79 Å². The van der Waals surface area contributed by atoms with Crippen molar-refractivity contribution in [3.8, 4) is 0 Å². The van der Waals surface area contributed by atoms with Gasteiger partial charge in [0.1, 0.15) is 0 Å². The molecule has 1 heterocycles. The first kappa shape index (κ1) is 14.2. The maximum atomic E-state index is 12.3. The number of halogens is 2. The summed E-state index contributed by atoms with van der Waals surface area (Å²) in [5.74, 6) is 0. The van der Waals surface area contributed by atoms with E-state index in [1.807, 2.05) is 37.3 Å². The average Bonchev–Trinajstić information content (AvgIpc) is 2.45. The lowest BCUT2D eigenvalue weighted by atomic mass is 10.1. The van der Waals surface area contributed by atoms with Crippen molar-refractivity contribution in [1.29, 1.82) is 0 Å². The Morgan fingerprint density at radius 3 is 2.57 bits per heavy atom. The van der Waals surface area contributed by atoms with E-state index in [1.54, 1.807) is 22.8 Å². The number of benzene rings is 2. The molecule has 0 saturated heterocycles. The SMILES string of the molecule is Cc1cc(=O)n(Cc2ccc(Cl)cc2Cl)c2ccccc12. The fraction of sp³-hybridized carbons (Fsp3) is 0.118. The molecule has 0 radical (unpaired) electrons. The summed E-state index contributed by atoms with van der Waals surface area (Å²) in [4.78, 5) is 12.3. The van der Waals surface area contributed by atoms with Crippen molar-refractivity contribution >= 4 is 34.1 Å². The first-order valence-electron chi connectivity index (χ1n) is 6.59. The minimum absolute atomic E-state index is 0.0304. The summed E-state index contributed by atoms with van der Waals surface area (Å²) in [5.41, 5.74) is 2.73. The Hall–Kier alpha value is -1.77. The lowest BCUT2D eigenvalue weighted by Crippen LogP contribution is -2.21. The summed E-state index contributed by atoms with van der Waals surface area (Å²) in [6.45, 7) is 2.37. The highest BCUT2D eigenvalue weighted by atomic mass is 35.5. The molecule has 0 spiro atoms. The monoisotopic (exact) mass is 317 g/mol. The van der Waals surface area contributed by atoms with E-state index in [0.717, 1.165) is 22.0 Å². The summed E-state index contributed by atoms with van der Waals surface area (Å²) < 4.78 is 1.73. The van der Waals surface area contributed by atoms with Crippen LogP contribution in [0.4, 0.5) is 0 Å². The van der Waals surface area contributed by atoms with Gasteiger partial charge in [-0.1, -0.05) is 47.5 Å². The molecule has 0 amide bonds. The molecule has 0 aliphatic rings. The number of aromatic nitrogens is 1. The lowest BCUT2D eigenvalue weighted by Gasteiger charge is -2.13. The zero-order valence-corrected chi connectivity index (χ0v) is 12.9. The zero-order chi connectivity index (χ0) is 15.0. The number of pyridine rings is 1. The first-order chi connectivity index (χ1) is 10.1. The van der Waals surface area contributed by atoms with Gasteiger partial charge in [-0.05, 0) is 36.2 Å². The first-order valence-corrected chi connectivity index (χ1v) is 7.35. The molecular formula is C17H13Cl2NO. The highest BCUT2D eigenvalue weighted by Crippen LogP contribution is 2.23. The van der Waals surface area contributed by atoms with Crippen LogP contribution in [0.15, 0.2) is 53.3 Å². The van der Waals surface area contributed by atoms with Crippen LogP contribution < -0.4 is 5.56 Å². The third kappa shape index (κ3) is 2.69. The van der Waals surface area contributed by atoms with E-state index in [-0.39, 0.29) is 5.56 Å². The van der Waals surface area contributed by atoms with Gasteiger partial charge in [0.15, 0.2) is 0 Å². The Morgan fingerprint density at radius 2 is 1.81 bits per heavy atom. The normalized spacial score (nSPS) is 11.0. The molecule has 0 atom stereocenters. The van der Waals surface area contributed by atoms with Gasteiger partial charge in [-0.3, -0.25) is 4.79 Å². The van der Waals surface area contributed by atoms with E-state index >= 15 is 0 Å². The summed E-state index contributed by atoms with van der Waals surface area (Å²) in [6.07, 6.45) is 0. The van der Waals surface area contributed by atoms with Crippen molar-refractivity contribution in [1.82, 2.24) is 4.57 Å². The van der Waals surface area contributed by atoms with Crippen LogP contribution in [0.1, 0.15) is 11.1 Å². The van der Waals surface area contributed by atoms with Gasteiger partial charge in [0.05, 0.1) is 12.1 Å². The van der Waals surface area contributed by atoms with Gasteiger partial charge in [0, 0.05) is 21.5 Å². The molecule has 2 nitrogen and oxygen atoms in total. The molecule has 0 N–H and O–H groups in total. The molecule has 4 heteroatoms. The maximum absolute atomic E-state index is 12.3. The van der Waals surface area contributed by atoms with Crippen molar-refractivity contribution in [3.63, 3.8) is 0 Å². The van der Waals surface area contributed by atoms with Crippen LogP contribution in [-0.4, -0.2) is 4.57 Å². The molecule has 0 bridgehead atoms. The molecular weight excluding hydrogens is 305 g/mol. The third-order valence-electron chi connectivity index (χ3n) is 3.57. The van der Waals surface area contributed by atoms with Crippen molar-refractivity contribution in [2.45, 2.75) is 13.5 Å². The fourth-order valence-corrected chi connectivity index (χ4v) is 2.95.